The molecule has 2 heterocycles. The lowest BCUT2D eigenvalue weighted by Crippen LogP contribution is -2.55. The van der Waals surface area contributed by atoms with Gasteiger partial charge < -0.3 is 34.5 Å². The molecule has 0 spiro atoms. The van der Waals surface area contributed by atoms with E-state index in [9.17, 15) is 18.0 Å². The van der Waals surface area contributed by atoms with Crippen molar-refractivity contribution in [3.63, 3.8) is 0 Å². The van der Waals surface area contributed by atoms with Gasteiger partial charge in [-0.3, -0.25) is 4.98 Å². The number of amides is 2. The van der Waals surface area contributed by atoms with Gasteiger partial charge in [-0.15, -0.1) is 0 Å². The fourth-order valence-electron chi connectivity index (χ4n) is 4.89. The highest BCUT2D eigenvalue weighted by Crippen LogP contribution is 2.33. The first kappa shape index (κ1) is 31.7. The number of hydrogen-bond donors (Lipinski definition) is 2. The number of methoxy groups -OCH3 is 2. The van der Waals surface area contributed by atoms with Gasteiger partial charge in [0, 0.05) is 29.5 Å². The second-order valence-electron chi connectivity index (χ2n) is 10.6. The summed E-state index contributed by atoms with van der Waals surface area (Å²) in [5.74, 6) is 1.66. The number of hydrogen-bond acceptors (Lipinski definition) is 7. The first-order valence-corrected chi connectivity index (χ1v) is 13.9. The minimum absolute atomic E-state index is 0.00772. The SMILES string of the molecule is COc1ccc(NC(=O)N(Cc2ccc(OCc3nccc(OCC(F)(F)F)c3C)c(OC)c2)C2(C)CCNCC2)cc1. The Morgan fingerprint density at radius 2 is 1.72 bits per heavy atom. The van der Waals surface area contributed by atoms with Crippen molar-refractivity contribution in [1.29, 1.82) is 0 Å². The summed E-state index contributed by atoms with van der Waals surface area (Å²) < 4.78 is 59.6. The molecule has 4 rings (SSSR count). The van der Waals surface area contributed by atoms with Crippen LogP contribution in [0.3, 0.4) is 0 Å². The predicted octanol–water partition coefficient (Wildman–Crippen LogP) is 6.10. The maximum absolute atomic E-state index is 13.6. The summed E-state index contributed by atoms with van der Waals surface area (Å²) in [6, 6.07) is 13.8. The molecule has 0 atom stereocenters. The van der Waals surface area contributed by atoms with E-state index in [1.54, 1.807) is 44.4 Å². The van der Waals surface area contributed by atoms with Crippen LogP contribution in [0.15, 0.2) is 54.7 Å². The van der Waals surface area contributed by atoms with Crippen molar-refractivity contribution in [2.45, 2.75) is 51.6 Å². The molecule has 0 aliphatic carbocycles. The molecule has 12 heteroatoms. The van der Waals surface area contributed by atoms with Gasteiger partial charge in [0.2, 0.25) is 0 Å². The number of anilines is 1. The number of rotatable bonds is 11. The van der Waals surface area contributed by atoms with E-state index in [0.29, 0.717) is 40.7 Å². The number of nitrogens with zero attached hydrogens (tertiary/aromatic N) is 2. The highest BCUT2D eigenvalue weighted by Gasteiger charge is 2.37. The Kier molecular flexibility index (Phi) is 10.2. The minimum atomic E-state index is -4.45. The zero-order valence-corrected chi connectivity index (χ0v) is 24.7. The number of nitrogens with one attached hydrogen (secondary N) is 2. The van der Waals surface area contributed by atoms with E-state index >= 15 is 0 Å². The smallest absolute Gasteiger partial charge is 0.422 e. The second kappa shape index (κ2) is 13.9. The average molecular weight is 603 g/mol. The van der Waals surface area contributed by atoms with Crippen molar-refractivity contribution in [1.82, 2.24) is 15.2 Å². The monoisotopic (exact) mass is 602 g/mol. The topological polar surface area (TPSA) is 94.2 Å². The lowest BCUT2D eigenvalue weighted by molar-refractivity contribution is -0.153. The predicted molar refractivity (Wildman–Crippen MR) is 156 cm³/mol. The Hall–Kier alpha value is -4.19. The molecule has 0 bridgehead atoms. The Labute approximate surface area is 249 Å². The third-order valence-corrected chi connectivity index (χ3v) is 7.50. The summed E-state index contributed by atoms with van der Waals surface area (Å²) in [6.07, 6.45) is -1.48. The Balaban J connectivity index is 1.50. The van der Waals surface area contributed by atoms with Gasteiger partial charge in [0.05, 0.1) is 19.9 Å². The van der Waals surface area contributed by atoms with Crippen LogP contribution in [-0.4, -0.2) is 61.5 Å². The van der Waals surface area contributed by atoms with Gasteiger partial charge in [0.25, 0.3) is 0 Å². The Morgan fingerprint density at radius 1 is 1.00 bits per heavy atom. The van der Waals surface area contributed by atoms with Crippen molar-refractivity contribution in [2.75, 3.05) is 39.2 Å². The fourth-order valence-corrected chi connectivity index (χ4v) is 4.89. The zero-order valence-electron chi connectivity index (χ0n) is 24.7. The van der Waals surface area contributed by atoms with Gasteiger partial charge >= 0.3 is 12.2 Å². The lowest BCUT2D eigenvalue weighted by atomic mass is 9.88. The minimum Gasteiger partial charge on any atom is -0.497 e. The van der Waals surface area contributed by atoms with Crippen LogP contribution < -0.4 is 29.6 Å². The number of carbonyl (C=O) groups excluding carboxylic acids is 1. The maximum Gasteiger partial charge on any atom is 0.422 e. The molecule has 0 unspecified atom stereocenters. The van der Waals surface area contributed by atoms with Crippen molar-refractivity contribution in [2.24, 2.45) is 0 Å². The van der Waals surface area contributed by atoms with Crippen molar-refractivity contribution < 1.29 is 36.9 Å². The highest BCUT2D eigenvalue weighted by molar-refractivity contribution is 5.90. The first-order valence-electron chi connectivity index (χ1n) is 13.9. The van der Waals surface area contributed by atoms with Gasteiger partial charge in [-0.1, -0.05) is 6.07 Å². The number of urea groups is 1. The summed E-state index contributed by atoms with van der Waals surface area (Å²) in [7, 11) is 3.11. The standard InChI is InChI=1S/C31H37F3N4O5/c1-21-25(36-14-11-26(21)43-20-31(32,33)34)19-42-27-10-5-22(17-28(27)41-4)18-38(30(2)12-15-35-16-13-30)29(39)37-23-6-8-24(40-3)9-7-23/h5-11,14,17,35H,12-13,15-16,18-20H2,1-4H3,(H,37,39). The van der Waals surface area contributed by atoms with Crippen molar-refractivity contribution in [3.8, 4) is 23.0 Å². The van der Waals surface area contributed by atoms with E-state index in [2.05, 4.69) is 22.5 Å². The zero-order chi connectivity index (χ0) is 31.0. The summed E-state index contributed by atoms with van der Waals surface area (Å²) in [4.78, 5) is 19.7. The lowest BCUT2D eigenvalue weighted by Gasteiger charge is -2.44. The normalized spacial score (nSPS) is 14.5. The Bertz CT molecular complexity index is 1380. The van der Waals surface area contributed by atoms with Crippen LogP contribution in [0.4, 0.5) is 23.7 Å². The van der Waals surface area contributed by atoms with Crippen LogP contribution in [0.5, 0.6) is 23.0 Å². The molecule has 2 aromatic carbocycles. The molecular weight excluding hydrogens is 565 g/mol. The molecular formula is C31H37F3N4O5. The number of aromatic nitrogens is 1. The molecule has 3 aromatic rings. The van der Waals surface area contributed by atoms with E-state index in [0.717, 1.165) is 31.5 Å². The van der Waals surface area contributed by atoms with E-state index in [4.69, 9.17) is 18.9 Å². The van der Waals surface area contributed by atoms with Gasteiger partial charge in [0.15, 0.2) is 18.1 Å². The van der Waals surface area contributed by atoms with Gasteiger partial charge in [-0.05, 0) is 87.8 Å². The molecule has 0 saturated carbocycles. The number of halogens is 3. The van der Waals surface area contributed by atoms with Crippen molar-refractivity contribution >= 4 is 11.7 Å². The van der Waals surface area contributed by atoms with Crippen LogP contribution in [0.2, 0.25) is 0 Å². The number of alkyl halides is 3. The third-order valence-electron chi connectivity index (χ3n) is 7.50. The number of benzene rings is 2. The average Bonchev–Trinajstić information content (AvgIpc) is 2.99. The van der Waals surface area contributed by atoms with Crippen LogP contribution in [0.25, 0.3) is 0 Å². The number of pyridine rings is 1. The van der Waals surface area contributed by atoms with Crippen molar-refractivity contribution in [3.05, 3.63) is 71.5 Å². The quantitative estimate of drug-likeness (QED) is 0.274. The van der Waals surface area contributed by atoms with E-state index in [1.807, 2.05) is 17.0 Å². The van der Waals surface area contributed by atoms with Gasteiger partial charge in [-0.2, -0.15) is 13.2 Å². The number of carbonyl (C=O) groups is 1. The number of piperidine rings is 1. The van der Waals surface area contributed by atoms with E-state index < -0.39 is 12.8 Å². The molecule has 1 aliphatic heterocycles. The highest BCUT2D eigenvalue weighted by atomic mass is 19.4. The largest absolute Gasteiger partial charge is 0.497 e. The molecule has 1 aromatic heterocycles. The fraction of sp³-hybridized carbons (Fsp3) is 0.419. The van der Waals surface area contributed by atoms with Gasteiger partial charge in [-0.25, -0.2) is 4.79 Å². The molecule has 43 heavy (non-hydrogen) atoms. The molecule has 232 valence electrons. The van der Waals surface area contributed by atoms with Crippen LogP contribution in [0.1, 0.15) is 36.6 Å². The summed E-state index contributed by atoms with van der Waals surface area (Å²) >= 11 is 0. The van der Waals surface area contributed by atoms with Crippen LogP contribution in [0, 0.1) is 6.92 Å². The van der Waals surface area contributed by atoms with Crippen LogP contribution in [-0.2, 0) is 13.2 Å². The summed E-state index contributed by atoms with van der Waals surface area (Å²) in [5, 5.41) is 6.38. The van der Waals surface area contributed by atoms with Crippen LogP contribution >= 0.6 is 0 Å². The number of ether oxygens (including phenoxy) is 4. The summed E-state index contributed by atoms with van der Waals surface area (Å²) in [6.45, 7) is 4.26. The molecule has 2 N–H and O–H groups in total. The molecule has 2 amide bonds. The summed E-state index contributed by atoms with van der Waals surface area (Å²) in [5.41, 5.74) is 2.01. The van der Waals surface area contributed by atoms with E-state index in [1.165, 1.54) is 19.4 Å². The first-order chi connectivity index (χ1) is 20.5. The van der Waals surface area contributed by atoms with Gasteiger partial charge in [0.1, 0.15) is 18.1 Å². The maximum atomic E-state index is 13.6. The third kappa shape index (κ3) is 8.44. The molecule has 1 aliphatic rings. The van der Waals surface area contributed by atoms with E-state index in [-0.39, 0.29) is 23.9 Å². The molecule has 1 fully saturated rings. The second-order valence-corrected chi connectivity index (χ2v) is 10.6. The molecule has 0 radical (unpaired) electrons. The Morgan fingerprint density at radius 3 is 2.37 bits per heavy atom. The molecule has 9 nitrogen and oxygen atoms in total. The molecule has 1 saturated heterocycles.